The number of hydrogen-bond acceptors (Lipinski definition) is 3. The van der Waals surface area contributed by atoms with E-state index in [4.69, 9.17) is 5.73 Å². The standard InChI is InChI=1S/C13H18N2O/c1-9(16)10-4-2-5-11(8-10)15-13-7-3-6-12(13)14/h2,4-5,8,12-13,15H,3,6-7,14H2,1H3. The van der Waals surface area contributed by atoms with Crippen molar-refractivity contribution < 1.29 is 4.79 Å². The molecule has 0 heterocycles. The fourth-order valence-corrected chi connectivity index (χ4v) is 2.21. The number of hydrogen-bond donors (Lipinski definition) is 2. The van der Waals surface area contributed by atoms with Gasteiger partial charge in [-0.25, -0.2) is 0 Å². The lowest BCUT2D eigenvalue weighted by Gasteiger charge is -2.18. The Morgan fingerprint density at radius 1 is 1.44 bits per heavy atom. The van der Waals surface area contributed by atoms with E-state index in [1.807, 2.05) is 24.3 Å². The molecule has 0 aromatic heterocycles. The predicted molar refractivity (Wildman–Crippen MR) is 65.7 cm³/mol. The molecule has 0 radical (unpaired) electrons. The number of anilines is 1. The van der Waals surface area contributed by atoms with E-state index in [0.717, 1.165) is 24.1 Å². The fraction of sp³-hybridized carbons (Fsp3) is 0.462. The quantitative estimate of drug-likeness (QED) is 0.764. The molecule has 1 aliphatic carbocycles. The molecule has 3 nitrogen and oxygen atoms in total. The van der Waals surface area contributed by atoms with Crippen LogP contribution < -0.4 is 11.1 Å². The number of Topliss-reactive ketones (excluding diaryl/α,β-unsaturated/α-hetero) is 1. The molecule has 1 fully saturated rings. The van der Waals surface area contributed by atoms with Gasteiger partial charge < -0.3 is 11.1 Å². The van der Waals surface area contributed by atoms with Crippen LogP contribution in [0.4, 0.5) is 5.69 Å². The zero-order valence-electron chi connectivity index (χ0n) is 9.57. The van der Waals surface area contributed by atoms with Gasteiger partial charge in [0.05, 0.1) is 0 Å². The molecule has 3 heteroatoms. The van der Waals surface area contributed by atoms with E-state index in [0.29, 0.717) is 6.04 Å². The Bertz CT molecular complexity index is 389. The van der Waals surface area contributed by atoms with Crippen molar-refractivity contribution in [3.05, 3.63) is 29.8 Å². The minimum Gasteiger partial charge on any atom is -0.381 e. The van der Waals surface area contributed by atoms with Crippen LogP contribution in [0.5, 0.6) is 0 Å². The second kappa shape index (κ2) is 4.66. The molecule has 0 aliphatic heterocycles. The summed E-state index contributed by atoms with van der Waals surface area (Å²) in [5.41, 5.74) is 7.74. The van der Waals surface area contributed by atoms with Crippen LogP contribution in [0.2, 0.25) is 0 Å². The summed E-state index contributed by atoms with van der Waals surface area (Å²) < 4.78 is 0. The van der Waals surface area contributed by atoms with Crippen LogP contribution in [-0.4, -0.2) is 17.9 Å². The molecule has 2 unspecified atom stereocenters. The number of nitrogens with one attached hydrogen (secondary N) is 1. The molecule has 0 bridgehead atoms. The van der Waals surface area contributed by atoms with E-state index in [9.17, 15) is 4.79 Å². The van der Waals surface area contributed by atoms with Crippen molar-refractivity contribution in [3.8, 4) is 0 Å². The topological polar surface area (TPSA) is 55.1 Å². The van der Waals surface area contributed by atoms with Crippen molar-refractivity contribution in [2.75, 3.05) is 5.32 Å². The zero-order valence-corrected chi connectivity index (χ0v) is 9.57. The lowest BCUT2D eigenvalue weighted by Crippen LogP contribution is -2.35. The molecule has 2 rings (SSSR count). The third-order valence-electron chi connectivity index (χ3n) is 3.19. The third-order valence-corrected chi connectivity index (χ3v) is 3.19. The van der Waals surface area contributed by atoms with Gasteiger partial charge in [0, 0.05) is 23.3 Å². The minimum atomic E-state index is 0.0966. The summed E-state index contributed by atoms with van der Waals surface area (Å²) in [5, 5.41) is 3.41. The summed E-state index contributed by atoms with van der Waals surface area (Å²) in [4.78, 5) is 11.2. The maximum Gasteiger partial charge on any atom is 0.159 e. The van der Waals surface area contributed by atoms with Gasteiger partial charge in [-0.2, -0.15) is 0 Å². The van der Waals surface area contributed by atoms with E-state index in [1.165, 1.54) is 6.42 Å². The maximum absolute atomic E-state index is 11.2. The van der Waals surface area contributed by atoms with Crippen LogP contribution in [0.15, 0.2) is 24.3 Å². The smallest absolute Gasteiger partial charge is 0.159 e. The van der Waals surface area contributed by atoms with Crippen LogP contribution in [0.25, 0.3) is 0 Å². The van der Waals surface area contributed by atoms with Gasteiger partial charge in [-0.1, -0.05) is 12.1 Å². The molecule has 86 valence electrons. The number of carbonyl (C=O) groups excluding carboxylic acids is 1. The van der Waals surface area contributed by atoms with Crippen LogP contribution in [0, 0.1) is 0 Å². The monoisotopic (exact) mass is 218 g/mol. The minimum absolute atomic E-state index is 0.0966. The first-order chi connectivity index (χ1) is 7.66. The van der Waals surface area contributed by atoms with Crippen molar-refractivity contribution in [3.63, 3.8) is 0 Å². The molecular formula is C13H18N2O. The molecule has 1 saturated carbocycles. The SMILES string of the molecule is CC(=O)c1cccc(NC2CCCC2N)c1. The number of rotatable bonds is 3. The highest BCUT2D eigenvalue weighted by Crippen LogP contribution is 2.22. The summed E-state index contributed by atoms with van der Waals surface area (Å²) in [6, 6.07) is 8.20. The summed E-state index contributed by atoms with van der Waals surface area (Å²) in [5.74, 6) is 0.0966. The molecule has 1 aromatic carbocycles. The molecule has 0 spiro atoms. The van der Waals surface area contributed by atoms with Crippen LogP contribution in [-0.2, 0) is 0 Å². The van der Waals surface area contributed by atoms with Crippen LogP contribution >= 0.6 is 0 Å². The lowest BCUT2D eigenvalue weighted by molar-refractivity contribution is 0.101. The van der Waals surface area contributed by atoms with Gasteiger partial charge in [-0.15, -0.1) is 0 Å². The zero-order chi connectivity index (χ0) is 11.5. The first kappa shape index (κ1) is 11.1. The fourth-order valence-electron chi connectivity index (χ4n) is 2.21. The number of benzene rings is 1. The van der Waals surface area contributed by atoms with Gasteiger partial charge in [-0.3, -0.25) is 4.79 Å². The average Bonchev–Trinajstić information content (AvgIpc) is 2.65. The van der Waals surface area contributed by atoms with Gasteiger partial charge in [0.1, 0.15) is 0 Å². The first-order valence-corrected chi connectivity index (χ1v) is 5.80. The highest BCUT2D eigenvalue weighted by Gasteiger charge is 2.23. The Morgan fingerprint density at radius 2 is 2.25 bits per heavy atom. The summed E-state index contributed by atoms with van der Waals surface area (Å²) >= 11 is 0. The van der Waals surface area contributed by atoms with Gasteiger partial charge in [0.15, 0.2) is 5.78 Å². The highest BCUT2D eigenvalue weighted by molar-refractivity contribution is 5.94. The van der Waals surface area contributed by atoms with Gasteiger partial charge in [0.2, 0.25) is 0 Å². The molecule has 1 aliphatic rings. The molecule has 1 aromatic rings. The van der Waals surface area contributed by atoms with Gasteiger partial charge >= 0.3 is 0 Å². The third kappa shape index (κ3) is 2.42. The van der Waals surface area contributed by atoms with Crippen molar-refractivity contribution in [2.45, 2.75) is 38.3 Å². The van der Waals surface area contributed by atoms with Crippen LogP contribution in [0.1, 0.15) is 36.5 Å². The lowest BCUT2D eigenvalue weighted by atomic mass is 10.1. The van der Waals surface area contributed by atoms with E-state index in [-0.39, 0.29) is 11.8 Å². The van der Waals surface area contributed by atoms with Crippen molar-refractivity contribution in [1.82, 2.24) is 0 Å². The Hall–Kier alpha value is -1.35. The van der Waals surface area contributed by atoms with E-state index >= 15 is 0 Å². The van der Waals surface area contributed by atoms with E-state index in [2.05, 4.69) is 5.32 Å². The average molecular weight is 218 g/mol. The van der Waals surface area contributed by atoms with Gasteiger partial charge in [0.25, 0.3) is 0 Å². The van der Waals surface area contributed by atoms with Crippen molar-refractivity contribution >= 4 is 11.5 Å². The molecule has 16 heavy (non-hydrogen) atoms. The molecular weight excluding hydrogens is 200 g/mol. The summed E-state index contributed by atoms with van der Waals surface area (Å²) in [6.07, 6.45) is 3.39. The Labute approximate surface area is 96.0 Å². The van der Waals surface area contributed by atoms with E-state index < -0.39 is 0 Å². The number of ketones is 1. The number of carbonyl (C=O) groups is 1. The first-order valence-electron chi connectivity index (χ1n) is 5.80. The second-order valence-electron chi connectivity index (χ2n) is 4.48. The van der Waals surface area contributed by atoms with Crippen LogP contribution in [0.3, 0.4) is 0 Å². The maximum atomic E-state index is 11.2. The molecule has 2 atom stereocenters. The van der Waals surface area contributed by atoms with Crippen molar-refractivity contribution in [2.24, 2.45) is 5.73 Å². The van der Waals surface area contributed by atoms with E-state index in [1.54, 1.807) is 6.92 Å². The summed E-state index contributed by atoms with van der Waals surface area (Å²) in [7, 11) is 0. The Kier molecular flexibility index (Phi) is 3.25. The second-order valence-corrected chi connectivity index (χ2v) is 4.48. The molecule has 0 amide bonds. The normalized spacial score (nSPS) is 24.4. The Balaban J connectivity index is 2.09. The number of nitrogens with two attached hydrogens (primary N) is 1. The predicted octanol–water partition coefficient (Wildman–Crippen LogP) is 2.18. The largest absolute Gasteiger partial charge is 0.381 e. The highest BCUT2D eigenvalue weighted by atomic mass is 16.1. The van der Waals surface area contributed by atoms with Crippen molar-refractivity contribution in [1.29, 1.82) is 0 Å². The molecule has 0 saturated heterocycles. The summed E-state index contributed by atoms with van der Waals surface area (Å²) in [6.45, 7) is 1.58. The Morgan fingerprint density at radius 3 is 2.88 bits per heavy atom. The molecule has 3 N–H and O–H groups in total. The van der Waals surface area contributed by atoms with Gasteiger partial charge in [-0.05, 0) is 38.3 Å².